The highest BCUT2D eigenvalue weighted by Crippen LogP contribution is 2.24. The molecule has 5 nitrogen and oxygen atoms in total. The van der Waals surface area contributed by atoms with E-state index >= 15 is 0 Å². The minimum Gasteiger partial charge on any atom is -0.467 e. The van der Waals surface area contributed by atoms with E-state index in [2.05, 4.69) is 0 Å². The van der Waals surface area contributed by atoms with Crippen LogP contribution >= 0.6 is 0 Å². The third kappa shape index (κ3) is 3.65. The molecule has 1 aromatic heterocycles. The lowest BCUT2D eigenvalue weighted by molar-refractivity contribution is -0.136. The van der Waals surface area contributed by atoms with Crippen molar-refractivity contribution in [2.75, 3.05) is 20.1 Å². The molecule has 2 amide bonds. The van der Waals surface area contributed by atoms with Gasteiger partial charge in [0, 0.05) is 25.7 Å². The summed E-state index contributed by atoms with van der Waals surface area (Å²) in [6.07, 6.45) is 3.25. The Morgan fingerprint density at radius 3 is 2.75 bits per heavy atom. The van der Waals surface area contributed by atoms with Crippen molar-refractivity contribution in [2.24, 2.45) is 5.92 Å². The zero-order valence-electron chi connectivity index (χ0n) is 16.0. The molecule has 0 saturated carbocycles. The highest BCUT2D eigenvalue weighted by molar-refractivity contribution is 6.07. The zero-order valence-corrected chi connectivity index (χ0v) is 16.0. The van der Waals surface area contributed by atoms with Gasteiger partial charge in [-0.1, -0.05) is 36.4 Å². The van der Waals surface area contributed by atoms with E-state index in [-0.39, 0.29) is 17.7 Å². The summed E-state index contributed by atoms with van der Waals surface area (Å²) in [5, 5.41) is 2.01. The van der Waals surface area contributed by atoms with Crippen LogP contribution in [0.15, 0.2) is 65.3 Å². The fourth-order valence-corrected chi connectivity index (χ4v) is 3.97. The zero-order chi connectivity index (χ0) is 19.5. The number of hydrogen-bond acceptors (Lipinski definition) is 3. The second-order valence-corrected chi connectivity index (χ2v) is 7.39. The molecule has 4 rings (SSSR count). The van der Waals surface area contributed by atoms with Crippen molar-refractivity contribution in [1.82, 2.24) is 9.80 Å². The highest BCUT2D eigenvalue weighted by Gasteiger charge is 2.31. The van der Waals surface area contributed by atoms with Crippen LogP contribution in [0.1, 0.15) is 29.0 Å². The van der Waals surface area contributed by atoms with Crippen LogP contribution in [0, 0.1) is 5.92 Å². The summed E-state index contributed by atoms with van der Waals surface area (Å²) in [5.41, 5.74) is 0.704. The maximum Gasteiger partial charge on any atom is 0.254 e. The van der Waals surface area contributed by atoms with Crippen molar-refractivity contribution in [3.05, 3.63) is 72.2 Å². The molecule has 0 aliphatic carbocycles. The first-order valence-electron chi connectivity index (χ1n) is 9.68. The van der Waals surface area contributed by atoms with Crippen LogP contribution in [-0.2, 0) is 11.3 Å². The number of likely N-dealkylation sites (tertiary alicyclic amines) is 1. The maximum absolute atomic E-state index is 13.2. The van der Waals surface area contributed by atoms with E-state index in [0.29, 0.717) is 25.2 Å². The topological polar surface area (TPSA) is 53.8 Å². The lowest BCUT2D eigenvalue weighted by Crippen LogP contribution is -2.45. The molecule has 1 fully saturated rings. The average Bonchev–Trinajstić information content (AvgIpc) is 3.25. The number of benzene rings is 2. The van der Waals surface area contributed by atoms with Gasteiger partial charge in [0.25, 0.3) is 5.91 Å². The molecular formula is C23H24N2O3. The number of hydrogen-bond donors (Lipinski definition) is 0. The first-order chi connectivity index (χ1) is 13.6. The highest BCUT2D eigenvalue weighted by atomic mass is 16.3. The van der Waals surface area contributed by atoms with Crippen molar-refractivity contribution in [1.29, 1.82) is 0 Å². The maximum atomic E-state index is 13.2. The molecule has 0 bridgehead atoms. The molecule has 0 N–H and O–H groups in total. The van der Waals surface area contributed by atoms with Gasteiger partial charge in [-0.3, -0.25) is 9.59 Å². The van der Waals surface area contributed by atoms with Crippen molar-refractivity contribution in [2.45, 2.75) is 19.4 Å². The number of fused-ring (bicyclic) bond motifs is 1. The fourth-order valence-electron chi connectivity index (χ4n) is 3.97. The number of piperidine rings is 1. The summed E-state index contributed by atoms with van der Waals surface area (Å²) >= 11 is 0. The molecule has 1 aliphatic heterocycles. The normalized spacial score (nSPS) is 16.9. The molecule has 0 spiro atoms. The van der Waals surface area contributed by atoms with Crippen LogP contribution in [0.5, 0.6) is 0 Å². The van der Waals surface area contributed by atoms with Gasteiger partial charge in [0.05, 0.1) is 18.7 Å². The van der Waals surface area contributed by atoms with E-state index in [0.717, 1.165) is 29.4 Å². The predicted octanol–water partition coefficient (Wildman–Crippen LogP) is 3.94. The molecule has 3 aromatic rings. The molecule has 2 heterocycles. The van der Waals surface area contributed by atoms with Crippen LogP contribution in [0.25, 0.3) is 10.8 Å². The van der Waals surface area contributed by atoms with E-state index in [1.54, 1.807) is 18.2 Å². The number of carbonyl (C=O) groups is 2. The number of rotatable bonds is 4. The Kier molecular flexibility index (Phi) is 5.15. The number of nitrogens with zero attached hydrogens (tertiary/aromatic N) is 2. The SMILES string of the molecule is CN(Cc1ccco1)C(=O)C1CCCN(C(=O)c2cccc3ccccc23)C1. The Morgan fingerprint density at radius 1 is 1.11 bits per heavy atom. The molecule has 144 valence electrons. The minimum atomic E-state index is -0.173. The monoisotopic (exact) mass is 376 g/mol. The summed E-state index contributed by atoms with van der Waals surface area (Å²) in [4.78, 5) is 29.6. The first kappa shape index (κ1) is 18.3. The second kappa shape index (κ2) is 7.89. The average molecular weight is 376 g/mol. The summed E-state index contributed by atoms with van der Waals surface area (Å²) in [5.74, 6) is 0.651. The number of carbonyl (C=O) groups excluding carboxylic acids is 2. The molecule has 5 heteroatoms. The molecule has 1 unspecified atom stereocenters. The third-order valence-corrected chi connectivity index (χ3v) is 5.43. The van der Waals surface area contributed by atoms with Gasteiger partial charge in [0.1, 0.15) is 5.76 Å². The Morgan fingerprint density at radius 2 is 1.93 bits per heavy atom. The summed E-state index contributed by atoms with van der Waals surface area (Å²) in [7, 11) is 1.79. The van der Waals surface area contributed by atoms with Gasteiger partial charge in [-0.2, -0.15) is 0 Å². The van der Waals surface area contributed by atoms with Gasteiger partial charge in [0.2, 0.25) is 5.91 Å². The van der Waals surface area contributed by atoms with Gasteiger partial charge in [-0.05, 0) is 41.8 Å². The van der Waals surface area contributed by atoms with E-state index in [1.165, 1.54) is 0 Å². The van der Waals surface area contributed by atoms with Crippen LogP contribution < -0.4 is 0 Å². The fraction of sp³-hybridized carbons (Fsp3) is 0.304. The molecule has 1 aliphatic rings. The lowest BCUT2D eigenvalue weighted by atomic mass is 9.95. The van der Waals surface area contributed by atoms with Crippen molar-refractivity contribution >= 4 is 22.6 Å². The van der Waals surface area contributed by atoms with E-state index in [1.807, 2.05) is 59.5 Å². The first-order valence-corrected chi connectivity index (χ1v) is 9.68. The number of furan rings is 1. The predicted molar refractivity (Wildman–Crippen MR) is 108 cm³/mol. The molecule has 1 saturated heterocycles. The molecule has 2 aromatic carbocycles. The molecule has 0 radical (unpaired) electrons. The largest absolute Gasteiger partial charge is 0.467 e. The van der Waals surface area contributed by atoms with Gasteiger partial charge >= 0.3 is 0 Å². The quantitative estimate of drug-likeness (QED) is 0.693. The van der Waals surface area contributed by atoms with Crippen molar-refractivity contribution in [3.8, 4) is 0 Å². The van der Waals surface area contributed by atoms with Crippen molar-refractivity contribution in [3.63, 3.8) is 0 Å². The van der Waals surface area contributed by atoms with Crippen molar-refractivity contribution < 1.29 is 14.0 Å². The summed E-state index contributed by atoms with van der Waals surface area (Å²) < 4.78 is 5.34. The van der Waals surface area contributed by atoms with E-state index in [4.69, 9.17) is 4.42 Å². The van der Waals surface area contributed by atoms with E-state index < -0.39 is 0 Å². The Labute approximate surface area is 164 Å². The number of amides is 2. The molecule has 1 atom stereocenters. The van der Waals surface area contributed by atoms with Crippen LogP contribution in [0.4, 0.5) is 0 Å². The van der Waals surface area contributed by atoms with E-state index in [9.17, 15) is 9.59 Å². The third-order valence-electron chi connectivity index (χ3n) is 5.43. The van der Waals surface area contributed by atoms with Gasteiger partial charge in [-0.15, -0.1) is 0 Å². The van der Waals surface area contributed by atoms with Crippen LogP contribution in [0.3, 0.4) is 0 Å². The second-order valence-electron chi connectivity index (χ2n) is 7.39. The van der Waals surface area contributed by atoms with Gasteiger partial charge in [-0.25, -0.2) is 0 Å². The Hall–Kier alpha value is -3.08. The smallest absolute Gasteiger partial charge is 0.254 e. The van der Waals surface area contributed by atoms with Gasteiger partial charge < -0.3 is 14.2 Å². The Balaban J connectivity index is 1.48. The Bertz CT molecular complexity index is 975. The lowest BCUT2D eigenvalue weighted by Gasteiger charge is -2.34. The summed E-state index contributed by atoms with van der Waals surface area (Å²) in [6, 6.07) is 17.4. The van der Waals surface area contributed by atoms with Crippen LogP contribution in [0.2, 0.25) is 0 Å². The molecule has 28 heavy (non-hydrogen) atoms. The standard InChI is InChI=1S/C23H24N2O3/c1-24(16-19-10-6-14-28-19)22(26)18-9-5-13-25(15-18)23(27)21-12-4-8-17-7-2-3-11-20(17)21/h2-4,6-8,10-12,14,18H,5,9,13,15-16H2,1H3. The summed E-state index contributed by atoms with van der Waals surface area (Å²) in [6.45, 7) is 1.59. The van der Waals surface area contributed by atoms with Crippen LogP contribution in [-0.4, -0.2) is 41.8 Å². The minimum absolute atomic E-state index is 0.00277. The van der Waals surface area contributed by atoms with Gasteiger partial charge in [0.15, 0.2) is 0 Å². The molecular weight excluding hydrogens is 352 g/mol.